The summed E-state index contributed by atoms with van der Waals surface area (Å²) in [6, 6.07) is 8.74. The Balaban J connectivity index is 1.93. The van der Waals surface area contributed by atoms with E-state index in [2.05, 4.69) is 4.72 Å². The second-order valence-electron chi connectivity index (χ2n) is 6.25. The monoisotopic (exact) mass is 442 g/mol. The van der Waals surface area contributed by atoms with Crippen LogP contribution in [0.15, 0.2) is 41.3 Å². The molecule has 2 aromatic rings. The molecule has 29 heavy (non-hydrogen) atoms. The molecule has 1 aliphatic heterocycles. The molecule has 0 amide bonds. The molecule has 0 bridgehead atoms. The lowest BCUT2D eigenvalue weighted by Crippen LogP contribution is -2.25. The SMILES string of the molecule is COc1cc(N2CCCS2(=O)=O)ccc1NS(=O)(=O)c1ccc(OC)c(OC)c1. The fourth-order valence-corrected chi connectivity index (χ4v) is 5.68. The van der Waals surface area contributed by atoms with Crippen LogP contribution < -0.4 is 23.2 Å². The van der Waals surface area contributed by atoms with E-state index >= 15 is 0 Å². The Morgan fingerprint density at radius 3 is 2.21 bits per heavy atom. The smallest absolute Gasteiger partial charge is 0.262 e. The van der Waals surface area contributed by atoms with Crippen molar-refractivity contribution < 1.29 is 31.0 Å². The van der Waals surface area contributed by atoms with Gasteiger partial charge in [0.1, 0.15) is 5.75 Å². The average Bonchev–Trinajstić information content (AvgIpc) is 3.06. The number of hydrogen-bond donors (Lipinski definition) is 1. The number of sulfonamides is 2. The van der Waals surface area contributed by atoms with Crippen molar-refractivity contribution in [2.24, 2.45) is 0 Å². The molecule has 0 saturated carbocycles. The Hall–Kier alpha value is -2.66. The Labute approximate surface area is 170 Å². The molecule has 0 spiro atoms. The second kappa shape index (κ2) is 7.99. The van der Waals surface area contributed by atoms with Gasteiger partial charge in [-0.3, -0.25) is 9.03 Å². The van der Waals surface area contributed by atoms with Gasteiger partial charge in [0.2, 0.25) is 10.0 Å². The lowest BCUT2D eigenvalue weighted by atomic mass is 10.2. The van der Waals surface area contributed by atoms with E-state index in [-0.39, 0.29) is 27.8 Å². The number of hydrogen-bond acceptors (Lipinski definition) is 7. The quantitative estimate of drug-likeness (QED) is 0.699. The van der Waals surface area contributed by atoms with Gasteiger partial charge in [-0.15, -0.1) is 0 Å². The van der Waals surface area contributed by atoms with Crippen LogP contribution in [0.25, 0.3) is 0 Å². The maximum Gasteiger partial charge on any atom is 0.262 e. The molecular weight excluding hydrogens is 420 g/mol. The first-order valence-corrected chi connectivity index (χ1v) is 11.7. The summed E-state index contributed by atoms with van der Waals surface area (Å²) in [5.74, 6) is 0.967. The van der Waals surface area contributed by atoms with Gasteiger partial charge in [-0.25, -0.2) is 16.8 Å². The summed E-state index contributed by atoms with van der Waals surface area (Å²) in [4.78, 5) is -0.0246. The van der Waals surface area contributed by atoms with Crippen molar-refractivity contribution in [1.82, 2.24) is 0 Å². The van der Waals surface area contributed by atoms with E-state index in [1.165, 1.54) is 62.0 Å². The minimum Gasteiger partial charge on any atom is -0.494 e. The summed E-state index contributed by atoms with van der Waals surface area (Å²) < 4.78 is 69.2. The van der Waals surface area contributed by atoms with Crippen LogP contribution in [0.1, 0.15) is 6.42 Å². The number of anilines is 2. The molecule has 1 saturated heterocycles. The number of nitrogens with zero attached hydrogens (tertiary/aromatic N) is 1. The van der Waals surface area contributed by atoms with E-state index in [9.17, 15) is 16.8 Å². The van der Waals surface area contributed by atoms with E-state index < -0.39 is 20.0 Å². The molecule has 0 aliphatic carbocycles. The lowest BCUT2D eigenvalue weighted by Gasteiger charge is -2.19. The molecule has 1 N–H and O–H groups in total. The summed E-state index contributed by atoms with van der Waals surface area (Å²) in [5.41, 5.74) is 0.607. The third kappa shape index (κ3) is 4.20. The zero-order chi connectivity index (χ0) is 21.2. The van der Waals surface area contributed by atoms with Crippen LogP contribution in [0.3, 0.4) is 0 Å². The molecule has 2 aromatic carbocycles. The minimum absolute atomic E-state index is 0.0246. The van der Waals surface area contributed by atoms with Crippen LogP contribution in [0.5, 0.6) is 17.2 Å². The first-order chi connectivity index (χ1) is 13.7. The summed E-state index contributed by atoms with van der Waals surface area (Å²) in [7, 11) is -3.06. The van der Waals surface area contributed by atoms with Crippen molar-refractivity contribution in [3.05, 3.63) is 36.4 Å². The Kier molecular flexibility index (Phi) is 5.80. The number of methoxy groups -OCH3 is 3. The van der Waals surface area contributed by atoms with Crippen LogP contribution in [-0.2, 0) is 20.0 Å². The van der Waals surface area contributed by atoms with Gasteiger partial charge in [0.15, 0.2) is 11.5 Å². The molecule has 158 valence electrons. The van der Waals surface area contributed by atoms with Crippen molar-refractivity contribution in [2.75, 3.05) is 42.7 Å². The number of benzene rings is 2. The molecule has 3 rings (SSSR count). The van der Waals surface area contributed by atoms with E-state index in [1.807, 2.05) is 0 Å². The first-order valence-electron chi connectivity index (χ1n) is 8.65. The van der Waals surface area contributed by atoms with Crippen molar-refractivity contribution >= 4 is 31.4 Å². The predicted octanol–water partition coefficient (Wildman–Crippen LogP) is 2.05. The van der Waals surface area contributed by atoms with E-state index in [4.69, 9.17) is 14.2 Å². The Bertz CT molecular complexity index is 1120. The third-order valence-electron chi connectivity index (χ3n) is 4.48. The fraction of sp³-hybridized carbons (Fsp3) is 0.333. The largest absolute Gasteiger partial charge is 0.494 e. The molecule has 9 nitrogen and oxygen atoms in total. The molecule has 0 radical (unpaired) electrons. The maximum absolute atomic E-state index is 12.8. The van der Waals surface area contributed by atoms with Gasteiger partial charge < -0.3 is 14.2 Å². The van der Waals surface area contributed by atoms with E-state index in [0.717, 1.165) is 0 Å². The standard InChI is InChI=1S/C18H22N2O7S2/c1-25-16-8-6-14(12-18(16)27-3)29(23,24)19-15-7-5-13(11-17(15)26-2)20-9-4-10-28(20,21)22/h5-8,11-12,19H,4,9-10H2,1-3H3. The first kappa shape index (κ1) is 21.1. The van der Waals surface area contributed by atoms with Crippen LogP contribution >= 0.6 is 0 Å². The topological polar surface area (TPSA) is 111 Å². The van der Waals surface area contributed by atoms with Gasteiger partial charge in [-0.1, -0.05) is 0 Å². The van der Waals surface area contributed by atoms with Crippen LogP contribution in [0.4, 0.5) is 11.4 Å². The van der Waals surface area contributed by atoms with Gasteiger partial charge in [0.25, 0.3) is 10.0 Å². The Morgan fingerprint density at radius 1 is 0.931 bits per heavy atom. The summed E-state index contributed by atoms with van der Waals surface area (Å²) >= 11 is 0. The molecule has 1 heterocycles. The van der Waals surface area contributed by atoms with Gasteiger partial charge in [-0.2, -0.15) is 0 Å². The number of nitrogens with one attached hydrogen (secondary N) is 1. The highest BCUT2D eigenvalue weighted by molar-refractivity contribution is 7.93. The molecule has 0 unspecified atom stereocenters. The van der Waals surface area contributed by atoms with E-state index in [1.54, 1.807) is 0 Å². The minimum atomic E-state index is -3.96. The zero-order valence-electron chi connectivity index (χ0n) is 16.2. The number of rotatable bonds is 7. The normalized spacial score (nSPS) is 15.8. The number of ether oxygens (including phenoxy) is 3. The van der Waals surface area contributed by atoms with Crippen LogP contribution in [-0.4, -0.2) is 50.5 Å². The second-order valence-corrected chi connectivity index (χ2v) is 9.94. The van der Waals surface area contributed by atoms with Crippen LogP contribution in [0, 0.1) is 0 Å². The third-order valence-corrected chi connectivity index (χ3v) is 7.71. The van der Waals surface area contributed by atoms with Crippen molar-refractivity contribution in [2.45, 2.75) is 11.3 Å². The van der Waals surface area contributed by atoms with Gasteiger partial charge in [-0.05, 0) is 30.7 Å². The molecule has 1 aliphatic rings. The van der Waals surface area contributed by atoms with Crippen molar-refractivity contribution in [1.29, 1.82) is 0 Å². The Morgan fingerprint density at radius 2 is 1.62 bits per heavy atom. The van der Waals surface area contributed by atoms with Gasteiger partial charge in [0, 0.05) is 18.7 Å². The zero-order valence-corrected chi connectivity index (χ0v) is 17.8. The molecule has 1 fully saturated rings. The summed E-state index contributed by atoms with van der Waals surface area (Å²) in [6.07, 6.45) is 0.540. The highest BCUT2D eigenvalue weighted by Gasteiger charge is 2.29. The molecule has 0 atom stereocenters. The fourth-order valence-electron chi connectivity index (χ4n) is 3.04. The van der Waals surface area contributed by atoms with Crippen molar-refractivity contribution in [3.63, 3.8) is 0 Å². The molecule has 0 aromatic heterocycles. The highest BCUT2D eigenvalue weighted by atomic mass is 32.2. The molecule has 11 heteroatoms. The van der Waals surface area contributed by atoms with Crippen LogP contribution in [0.2, 0.25) is 0 Å². The predicted molar refractivity (Wildman–Crippen MR) is 109 cm³/mol. The highest BCUT2D eigenvalue weighted by Crippen LogP contribution is 2.35. The van der Waals surface area contributed by atoms with Crippen molar-refractivity contribution in [3.8, 4) is 17.2 Å². The van der Waals surface area contributed by atoms with E-state index in [0.29, 0.717) is 24.4 Å². The lowest BCUT2D eigenvalue weighted by molar-refractivity contribution is 0.354. The summed E-state index contributed by atoms with van der Waals surface area (Å²) in [6.45, 7) is 0.377. The summed E-state index contributed by atoms with van der Waals surface area (Å²) in [5, 5.41) is 0. The van der Waals surface area contributed by atoms with Gasteiger partial charge in [0.05, 0.1) is 43.4 Å². The average molecular weight is 443 g/mol. The maximum atomic E-state index is 12.8. The van der Waals surface area contributed by atoms with Gasteiger partial charge >= 0.3 is 0 Å². The molecular formula is C18H22N2O7S2.